The van der Waals surface area contributed by atoms with Crippen LogP contribution in [-0.4, -0.2) is 41.4 Å². The van der Waals surface area contributed by atoms with Gasteiger partial charge >= 0.3 is 0 Å². The topological polar surface area (TPSA) is 81.2 Å². The number of nitrogens with zero attached hydrogens (tertiary/aromatic N) is 2. The van der Waals surface area contributed by atoms with Crippen molar-refractivity contribution in [1.29, 1.82) is 0 Å². The van der Waals surface area contributed by atoms with E-state index < -0.39 is 0 Å². The van der Waals surface area contributed by atoms with E-state index in [1.807, 2.05) is 36.7 Å². The molecular formula is C18H22N4O3. The standard InChI is InChI=1S/C18H22N4O3/c1-11-9-12(2)22(21-11)8-7-19-18(23)14-10-13-15(24-3)5-6-16(25-4)17(13)20-14/h5-6,9-10,20H,7-8H2,1-4H3,(H,19,23). The van der Waals surface area contributed by atoms with Crippen LogP contribution in [0.1, 0.15) is 21.9 Å². The molecule has 2 heterocycles. The van der Waals surface area contributed by atoms with Crippen molar-refractivity contribution >= 4 is 16.8 Å². The fourth-order valence-electron chi connectivity index (χ4n) is 2.91. The van der Waals surface area contributed by atoms with Crippen LogP contribution in [-0.2, 0) is 6.54 Å². The summed E-state index contributed by atoms with van der Waals surface area (Å²) in [5.41, 5.74) is 3.25. The lowest BCUT2D eigenvalue weighted by Crippen LogP contribution is -2.28. The predicted octanol–water partition coefficient (Wildman–Crippen LogP) is 2.43. The van der Waals surface area contributed by atoms with Crippen LogP contribution < -0.4 is 14.8 Å². The first kappa shape index (κ1) is 16.9. The molecular weight excluding hydrogens is 320 g/mol. The summed E-state index contributed by atoms with van der Waals surface area (Å²) in [5, 5.41) is 8.10. The third-order valence-corrected chi connectivity index (χ3v) is 4.11. The molecule has 0 atom stereocenters. The Morgan fingerprint density at radius 2 is 1.92 bits per heavy atom. The molecule has 25 heavy (non-hydrogen) atoms. The van der Waals surface area contributed by atoms with Gasteiger partial charge in [-0.3, -0.25) is 9.48 Å². The van der Waals surface area contributed by atoms with E-state index in [1.54, 1.807) is 20.3 Å². The number of H-pyrrole nitrogens is 1. The second-order valence-corrected chi connectivity index (χ2v) is 5.85. The number of ether oxygens (including phenoxy) is 2. The lowest BCUT2D eigenvalue weighted by molar-refractivity contribution is 0.0947. The fraction of sp³-hybridized carbons (Fsp3) is 0.333. The summed E-state index contributed by atoms with van der Waals surface area (Å²) in [6, 6.07) is 7.41. The highest BCUT2D eigenvalue weighted by molar-refractivity contribution is 6.01. The van der Waals surface area contributed by atoms with Crippen LogP contribution in [0.5, 0.6) is 11.5 Å². The third-order valence-electron chi connectivity index (χ3n) is 4.11. The van der Waals surface area contributed by atoms with Crippen molar-refractivity contribution in [2.45, 2.75) is 20.4 Å². The second kappa shape index (κ2) is 6.88. The summed E-state index contributed by atoms with van der Waals surface area (Å²) in [4.78, 5) is 15.6. The van der Waals surface area contributed by atoms with Crippen LogP contribution in [0.2, 0.25) is 0 Å². The molecule has 1 aromatic carbocycles. The van der Waals surface area contributed by atoms with Gasteiger partial charge in [-0.1, -0.05) is 0 Å². The number of aromatic nitrogens is 3. The van der Waals surface area contributed by atoms with Crippen molar-refractivity contribution in [3.8, 4) is 11.5 Å². The summed E-state index contributed by atoms with van der Waals surface area (Å²) in [6.45, 7) is 5.06. The number of rotatable bonds is 6. The Labute approximate surface area is 145 Å². The molecule has 2 aromatic heterocycles. The number of fused-ring (bicyclic) bond motifs is 1. The summed E-state index contributed by atoms with van der Waals surface area (Å²) in [5.74, 6) is 1.17. The normalized spacial score (nSPS) is 10.9. The number of hydrogen-bond donors (Lipinski definition) is 2. The van der Waals surface area contributed by atoms with Gasteiger partial charge in [0.15, 0.2) is 0 Å². The summed E-state index contributed by atoms with van der Waals surface area (Å²) in [7, 11) is 3.19. The van der Waals surface area contributed by atoms with Gasteiger partial charge in [-0.2, -0.15) is 5.10 Å². The molecule has 0 aliphatic carbocycles. The Hall–Kier alpha value is -2.96. The van der Waals surface area contributed by atoms with Gasteiger partial charge < -0.3 is 19.8 Å². The molecule has 0 spiro atoms. The van der Waals surface area contributed by atoms with E-state index in [9.17, 15) is 4.79 Å². The summed E-state index contributed by atoms with van der Waals surface area (Å²) >= 11 is 0. The van der Waals surface area contributed by atoms with Crippen LogP contribution in [0.3, 0.4) is 0 Å². The fourth-order valence-corrected chi connectivity index (χ4v) is 2.91. The first-order chi connectivity index (χ1) is 12.0. The molecule has 7 heteroatoms. The number of carbonyl (C=O) groups is 1. The molecule has 0 aliphatic rings. The van der Waals surface area contributed by atoms with E-state index in [-0.39, 0.29) is 5.91 Å². The average molecular weight is 342 g/mol. The van der Waals surface area contributed by atoms with E-state index in [0.29, 0.717) is 30.3 Å². The molecule has 132 valence electrons. The smallest absolute Gasteiger partial charge is 0.267 e. The quantitative estimate of drug-likeness (QED) is 0.721. The van der Waals surface area contributed by atoms with Crippen LogP contribution in [0.4, 0.5) is 0 Å². The molecule has 0 saturated carbocycles. The Morgan fingerprint density at radius 3 is 2.56 bits per heavy atom. The minimum absolute atomic E-state index is 0.179. The summed E-state index contributed by atoms with van der Waals surface area (Å²) < 4.78 is 12.6. The number of hydrogen-bond acceptors (Lipinski definition) is 4. The van der Waals surface area contributed by atoms with Gasteiger partial charge in [0, 0.05) is 17.6 Å². The van der Waals surface area contributed by atoms with Crippen LogP contribution in [0.25, 0.3) is 10.9 Å². The monoisotopic (exact) mass is 342 g/mol. The van der Waals surface area contributed by atoms with E-state index >= 15 is 0 Å². The van der Waals surface area contributed by atoms with Crippen molar-refractivity contribution < 1.29 is 14.3 Å². The Kier molecular flexibility index (Phi) is 4.65. The van der Waals surface area contributed by atoms with Crippen molar-refractivity contribution in [3.63, 3.8) is 0 Å². The summed E-state index contributed by atoms with van der Waals surface area (Å²) in [6.07, 6.45) is 0. The van der Waals surface area contributed by atoms with Crippen LogP contribution in [0, 0.1) is 13.8 Å². The maximum absolute atomic E-state index is 12.4. The van der Waals surface area contributed by atoms with Gasteiger partial charge in [0.05, 0.1) is 32.0 Å². The number of methoxy groups -OCH3 is 2. The Balaban J connectivity index is 1.74. The van der Waals surface area contributed by atoms with Crippen molar-refractivity contribution in [2.75, 3.05) is 20.8 Å². The molecule has 0 aliphatic heterocycles. The molecule has 3 rings (SSSR count). The molecule has 2 N–H and O–H groups in total. The molecule has 0 bridgehead atoms. The molecule has 0 saturated heterocycles. The first-order valence-corrected chi connectivity index (χ1v) is 8.06. The van der Waals surface area contributed by atoms with Gasteiger partial charge in [0.2, 0.25) is 0 Å². The minimum atomic E-state index is -0.179. The molecule has 1 amide bonds. The van der Waals surface area contributed by atoms with Gasteiger partial charge in [-0.25, -0.2) is 0 Å². The van der Waals surface area contributed by atoms with Gasteiger partial charge in [-0.05, 0) is 38.1 Å². The number of aromatic amines is 1. The predicted molar refractivity (Wildman–Crippen MR) is 95.4 cm³/mol. The highest BCUT2D eigenvalue weighted by Crippen LogP contribution is 2.33. The first-order valence-electron chi connectivity index (χ1n) is 8.06. The van der Waals surface area contributed by atoms with Crippen molar-refractivity contribution in [3.05, 3.63) is 41.3 Å². The van der Waals surface area contributed by atoms with Gasteiger partial charge in [0.1, 0.15) is 17.2 Å². The van der Waals surface area contributed by atoms with Crippen molar-refractivity contribution in [1.82, 2.24) is 20.1 Å². The largest absolute Gasteiger partial charge is 0.496 e. The molecule has 0 radical (unpaired) electrons. The zero-order chi connectivity index (χ0) is 18.0. The van der Waals surface area contributed by atoms with E-state index in [0.717, 1.165) is 22.3 Å². The lowest BCUT2D eigenvalue weighted by atomic mass is 10.2. The van der Waals surface area contributed by atoms with E-state index in [1.165, 1.54) is 0 Å². The maximum Gasteiger partial charge on any atom is 0.267 e. The zero-order valence-electron chi connectivity index (χ0n) is 14.8. The van der Waals surface area contributed by atoms with Crippen LogP contribution in [0.15, 0.2) is 24.3 Å². The molecule has 3 aromatic rings. The minimum Gasteiger partial charge on any atom is -0.496 e. The number of carbonyl (C=O) groups excluding carboxylic acids is 1. The number of benzene rings is 1. The number of aryl methyl sites for hydroxylation is 2. The maximum atomic E-state index is 12.4. The molecule has 0 unspecified atom stereocenters. The Morgan fingerprint density at radius 1 is 1.20 bits per heavy atom. The zero-order valence-corrected chi connectivity index (χ0v) is 14.8. The van der Waals surface area contributed by atoms with Crippen molar-refractivity contribution in [2.24, 2.45) is 0 Å². The molecule has 7 nitrogen and oxygen atoms in total. The highest BCUT2D eigenvalue weighted by atomic mass is 16.5. The van der Waals surface area contributed by atoms with E-state index in [2.05, 4.69) is 15.4 Å². The average Bonchev–Trinajstić information content (AvgIpc) is 3.17. The van der Waals surface area contributed by atoms with E-state index in [4.69, 9.17) is 9.47 Å². The third kappa shape index (κ3) is 3.31. The SMILES string of the molecule is COc1ccc(OC)c2[nH]c(C(=O)NCCn3nc(C)cc3C)cc12. The molecule has 0 fully saturated rings. The number of nitrogens with one attached hydrogen (secondary N) is 2. The van der Waals surface area contributed by atoms with Gasteiger partial charge in [0.25, 0.3) is 5.91 Å². The van der Waals surface area contributed by atoms with Crippen LogP contribution >= 0.6 is 0 Å². The lowest BCUT2D eigenvalue weighted by Gasteiger charge is -2.06. The Bertz CT molecular complexity index is 870. The number of amides is 1. The van der Waals surface area contributed by atoms with Gasteiger partial charge in [-0.15, -0.1) is 0 Å². The highest BCUT2D eigenvalue weighted by Gasteiger charge is 2.15. The second-order valence-electron chi connectivity index (χ2n) is 5.85.